The van der Waals surface area contributed by atoms with Crippen LogP contribution in [-0.4, -0.2) is 18.0 Å². The van der Waals surface area contributed by atoms with Gasteiger partial charge in [0.05, 0.1) is 0 Å². The zero-order chi connectivity index (χ0) is 17.0. The molecule has 5 nitrogen and oxygen atoms in total. The molecule has 1 aromatic carbocycles. The van der Waals surface area contributed by atoms with Crippen LogP contribution in [0.5, 0.6) is 0 Å². The minimum atomic E-state index is -4.91. The maximum atomic E-state index is 12.1. The lowest BCUT2D eigenvalue weighted by Crippen LogP contribution is -2.36. The predicted molar refractivity (Wildman–Crippen MR) is 78.7 cm³/mol. The van der Waals surface area contributed by atoms with Gasteiger partial charge in [0.15, 0.2) is 10.4 Å². The van der Waals surface area contributed by atoms with Crippen molar-refractivity contribution in [1.82, 2.24) is 5.32 Å². The van der Waals surface area contributed by atoms with Crippen LogP contribution in [-0.2, 0) is 11.3 Å². The molecule has 1 aromatic heterocycles. The van der Waals surface area contributed by atoms with Crippen molar-refractivity contribution in [2.24, 2.45) is 0 Å². The molecular formula is C14H10BrF3N2O3. The van der Waals surface area contributed by atoms with Crippen LogP contribution in [0.3, 0.4) is 0 Å². The number of carbonyl (C=O) groups is 2. The number of rotatable bonds is 4. The molecule has 0 fully saturated rings. The van der Waals surface area contributed by atoms with Gasteiger partial charge < -0.3 is 15.1 Å². The smallest absolute Gasteiger partial charge is 0.444 e. The fraction of sp³-hybridized carbons (Fsp3) is 0.143. The minimum Gasteiger partial charge on any atom is -0.444 e. The Bertz CT molecular complexity index is 711. The molecule has 0 aliphatic rings. The summed E-state index contributed by atoms with van der Waals surface area (Å²) >= 11 is 3.08. The molecule has 2 amide bonds. The highest BCUT2D eigenvalue weighted by atomic mass is 79.9. The van der Waals surface area contributed by atoms with E-state index in [0.717, 1.165) is 0 Å². The van der Waals surface area contributed by atoms with Crippen molar-refractivity contribution in [3.05, 3.63) is 52.4 Å². The van der Waals surface area contributed by atoms with Crippen LogP contribution >= 0.6 is 15.9 Å². The second-order valence-corrected chi connectivity index (χ2v) is 5.22. The molecule has 0 atom stereocenters. The number of nitrogens with one attached hydrogen (secondary N) is 2. The van der Waals surface area contributed by atoms with E-state index in [9.17, 15) is 22.8 Å². The standard InChI is InChI=1S/C14H10BrF3N2O3/c15-11-6-5-10(23-11)12(21)20-9-3-1-8(2-4-9)7-19-13(22)14(16,17)18/h1-6H,7H2,(H,19,22)(H,20,21). The van der Waals surface area contributed by atoms with E-state index in [4.69, 9.17) is 4.42 Å². The van der Waals surface area contributed by atoms with E-state index < -0.39 is 18.0 Å². The molecule has 1 heterocycles. The molecule has 0 saturated heterocycles. The average Bonchev–Trinajstić information content (AvgIpc) is 2.92. The summed E-state index contributed by atoms with van der Waals surface area (Å²) in [5, 5.41) is 4.32. The lowest BCUT2D eigenvalue weighted by Gasteiger charge is -2.08. The molecule has 23 heavy (non-hydrogen) atoms. The van der Waals surface area contributed by atoms with Crippen molar-refractivity contribution in [3.8, 4) is 0 Å². The number of carbonyl (C=O) groups excluding carboxylic acids is 2. The third-order valence-corrected chi connectivity index (χ3v) is 3.15. The summed E-state index contributed by atoms with van der Waals surface area (Å²) in [5.41, 5.74) is 0.898. The van der Waals surface area contributed by atoms with E-state index in [2.05, 4.69) is 21.2 Å². The van der Waals surface area contributed by atoms with E-state index in [1.54, 1.807) is 11.4 Å². The molecule has 9 heteroatoms. The number of hydrogen-bond acceptors (Lipinski definition) is 3. The molecule has 122 valence electrons. The Balaban J connectivity index is 1.92. The normalized spacial score (nSPS) is 11.1. The highest BCUT2D eigenvalue weighted by Gasteiger charge is 2.38. The first-order chi connectivity index (χ1) is 10.8. The van der Waals surface area contributed by atoms with Crippen LogP contribution in [0.25, 0.3) is 0 Å². The first-order valence-electron chi connectivity index (χ1n) is 6.26. The molecule has 0 bridgehead atoms. The highest BCUT2D eigenvalue weighted by Crippen LogP contribution is 2.17. The number of alkyl halides is 3. The number of hydrogen-bond donors (Lipinski definition) is 2. The maximum absolute atomic E-state index is 12.1. The lowest BCUT2D eigenvalue weighted by molar-refractivity contribution is -0.173. The number of furan rings is 1. The van der Waals surface area contributed by atoms with Crippen molar-refractivity contribution < 1.29 is 27.2 Å². The topological polar surface area (TPSA) is 71.3 Å². The van der Waals surface area contributed by atoms with Gasteiger partial charge in [-0.25, -0.2) is 0 Å². The van der Waals surface area contributed by atoms with Gasteiger partial charge in [-0.15, -0.1) is 0 Å². The van der Waals surface area contributed by atoms with Crippen LogP contribution in [0.2, 0.25) is 0 Å². The van der Waals surface area contributed by atoms with E-state index in [1.165, 1.54) is 30.3 Å². The van der Waals surface area contributed by atoms with Gasteiger partial charge in [-0.1, -0.05) is 12.1 Å². The summed E-state index contributed by atoms with van der Waals surface area (Å²) in [7, 11) is 0. The second-order valence-electron chi connectivity index (χ2n) is 4.44. The third kappa shape index (κ3) is 4.85. The zero-order valence-corrected chi connectivity index (χ0v) is 13.0. The highest BCUT2D eigenvalue weighted by molar-refractivity contribution is 9.10. The first kappa shape index (κ1) is 17.1. The fourth-order valence-electron chi connectivity index (χ4n) is 1.62. The first-order valence-corrected chi connectivity index (χ1v) is 7.05. The monoisotopic (exact) mass is 390 g/mol. The third-order valence-electron chi connectivity index (χ3n) is 2.72. The number of amides is 2. The van der Waals surface area contributed by atoms with Gasteiger partial charge in [0.2, 0.25) is 0 Å². The SMILES string of the molecule is O=C(Nc1ccc(CNC(=O)C(F)(F)F)cc1)c1ccc(Br)o1. The summed E-state index contributed by atoms with van der Waals surface area (Å²) in [6.07, 6.45) is -4.91. The molecular weight excluding hydrogens is 381 g/mol. The molecule has 2 rings (SSSR count). The Morgan fingerprint density at radius 2 is 1.74 bits per heavy atom. The van der Waals surface area contributed by atoms with Gasteiger partial charge in [-0.3, -0.25) is 9.59 Å². The van der Waals surface area contributed by atoms with Crippen molar-refractivity contribution in [1.29, 1.82) is 0 Å². The van der Waals surface area contributed by atoms with E-state index >= 15 is 0 Å². The molecule has 0 spiro atoms. The van der Waals surface area contributed by atoms with Gasteiger partial charge in [0, 0.05) is 12.2 Å². The van der Waals surface area contributed by atoms with E-state index in [-0.39, 0.29) is 12.3 Å². The second kappa shape index (κ2) is 6.86. The van der Waals surface area contributed by atoms with Gasteiger partial charge in [-0.2, -0.15) is 13.2 Å². The Kier molecular flexibility index (Phi) is 5.09. The Morgan fingerprint density at radius 3 is 2.26 bits per heavy atom. The van der Waals surface area contributed by atoms with Gasteiger partial charge in [0.25, 0.3) is 5.91 Å². The predicted octanol–water partition coefficient (Wildman–Crippen LogP) is 3.47. The van der Waals surface area contributed by atoms with Crippen LogP contribution in [0.4, 0.5) is 18.9 Å². The molecule has 0 aliphatic heterocycles. The van der Waals surface area contributed by atoms with Crippen molar-refractivity contribution in [2.75, 3.05) is 5.32 Å². The zero-order valence-electron chi connectivity index (χ0n) is 11.4. The Morgan fingerprint density at radius 1 is 1.09 bits per heavy atom. The van der Waals surface area contributed by atoms with Crippen LogP contribution in [0, 0.1) is 0 Å². The Labute approximate surface area is 137 Å². The number of halogens is 4. The van der Waals surface area contributed by atoms with Crippen molar-refractivity contribution >= 4 is 33.4 Å². The Hall–Kier alpha value is -2.29. The summed E-state index contributed by atoms with van der Waals surface area (Å²) in [4.78, 5) is 22.5. The summed E-state index contributed by atoms with van der Waals surface area (Å²) in [6.45, 7) is -0.266. The van der Waals surface area contributed by atoms with Gasteiger partial charge in [-0.05, 0) is 45.8 Å². The van der Waals surface area contributed by atoms with Crippen LogP contribution in [0.15, 0.2) is 45.5 Å². The maximum Gasteiger partial charge on any atom is 0.471 e. The fourth-order valence-corrected chi connectivity index (χ4v) is 1.92. The van der Waals surface area contributed by atoms with Crippen molar-refractivity contribution in [2.45, 2.75) is 12.7 Å². The largest absolute Gasteiger partial charge is 0.471 e. The minimum absolute atomic E-state index is 0.110. The van der Waals surface area contributed by atoms with Gasteiger partial charge >= 0.3 is 12.1 Å². The molecule has 0 unspecified atom stereocenters. The molecule has 0 radical (unpaired) electrons. The molecule has 2 aromatic rings. The molecule has 2 N–H and O–H groups in total. The lowest BCUT2D eigenvalue weighted by atomic mass is 10.2. The van der Waals surface area contributed by atoms with Crippen LogP contribution < -0.4 is 10.6 Å². The van der Waals surface area contributed by atoms with Crippen LogP contribution in [0.1, 0.15) is 16.1 Å². The quantitative estimate of drug-likeness (QED) is 0.839. The summed E-state index contributed by atoms with van der Waals surface area (Å²) < 4.78 is 41.7. The average molecular weight is 391 g/mol. The van der Waals surface area contributed by atoms with E-state index in [0.29, 0.717) is 15.9 Å². The molecule has 0 aliphatic carbocycles. The number of anilines is 1. The van der Waals surface area contributed by atoms with Crippen molar-refractivity contribution in [3.63, 3.8) is 0 Å². The van der Waals surface area contributed by atoms with Gasteiger partial charge in [0.1, 0.15) is 0 Å². The summed E-state index contributed by atoms with van der Waals surface area (Å²) in [6, 6.07) is 9.05. The summed E-state index contributed by atoms with van der Waals surface area (Å²) in [5.74, 6) is -2.36. The number of benzene rings is 1. The molecule has 0 saturated carbocycles. The van der Waals surface area contributed by atoms with E-state index in [1.807, 2.05) is 0 Å².